The SMILES string of the molecule is CCCCCCCCOC1(O)C=CC=CC1[N+](=O)[O-]. The number of rotatable bonds is 9. The number of nitro groups is 1. The lowest BCUT2D eigenvalue weighted by molar-refractivity contribution is -0.546. The maximum atomic E-state index is 10.9. The van der Waals surface area contributed by atoms with Crippen molar-refractivity contribution in [1.29, 1.82) is 0 Å². The van der Waals surface area contributed by atoms with Gasteiger partial charge in [0.1, 0.15) is 0 Å². The molecule has 108 valence electrons. The van der Waals surface area contributed by atoms with E-state index in [0.717, 1.165) is 19.3 Å². The third-order valence-corrected chi connectivity index (χ3v) is 3.22. The quantitative estimate of drug-likeness (QED) is 0.302. The van der Waals surface area contributed by atoms with E-state index >= 15 is 0 Å². The summed E-state index contributed by atoms with van der Waals surface area (Å²) in [5.41, 5.74) is 0. The minimum Gasteiger partial charge on any atom is -0.357 e. The standard InChI is InChI=1S/C14H23NO4/c1-2-3-4-5-6-9-12-19-14(16)11-8-7-10-13(14)15(17)18/h7-8,10-11,13,16H,2-6,9,12H2,1H3. The molecule has 5 nitrogen and oxygen atoms in total. The van der Waals surface area contributed by atoms with Gasteiger partial charge < -0.3 is 9.84 Å². The topological polar surface area (TPSA) is 72.6 Å². The van der Waals surface area contributed by atoms with Crippen LogP contribution in [0, 0.1) is 10.1 Å². The predicted octanol–water partition coefficient (Wildman–Crippen LogP) is 2.82. The summed E-state index contributed by atoms with van der Waals surface area (Å²) in [6.07, 6.45) is 12.5. The molecule has 0 aromatic heterocycles. The minimum atomic E-state index is -1.80. The molecule has 0 aromatic carbocycles. The number of allylic oxidation sites excluding steroid dienone is 2. The Kier molecular flexibility index (Phi) is 6.73. The van der Waals surface area contributed by atoms with Crippen LogP contribution in [0.2, 0.25) is 0 Å². The molecule has 0 aromatic rings. The number of nitrogens with zero attached hydrogens (tertiary/aromatic N) is 1. The smallest absolute Gasteiger partial charge is 0.288 e. The average molecular weight is 269 g/mol. The Bertz CT molecular complexity index is 340. The van der Waals surface area contributed by atoms with E-state index in [9.17, 15) is 15.2 Å². The monoisotopic (exact) mass is 269 g/mol. The first kappa shape index (κ1) is 15.9. The van der Waals surface area contributed by atoms with Gasteiger partial charge in [0.05, 0.1) is 6.61 Å². The van der Waals surface area contributed by atoms with E-state index < -0.39 is 16.8 Å². The maximum Gasteiger partial charge on any atom is 0.288 e. The summed E-state index contributed by atoms with van der Waals surface area (Å²) < 4.78 is 5.33. The summed E-state index contributed by atoms with van der Waals surface area (Å²) in [7, 11) is 0. The first-order valence-corrected chi connectivity index (χ1v) is 6.96. The minimum absolute atomic E-state index is 0.338. The molecule has 0 saturated carbocycles. The second kappa shape index (κ2) is 8.07. The molecule has 0 bridgehead atoms. The second-order valence-corrected chi connectivity index (χ2v) is 4.84. The van der Waals surface area contributed by atoms with Crippen molar-refractivity contribution in [3.63, 3.8) is 0 Å². The van der Waals surface area contributed by atoms with Crippen molar-refractivity contribution < 1.29 is 14.8 Å². The number of unbranched alkanes of at least 4 members (excludes halogenated alkanes) is 5. The third-order valence-electron chi connectivity index (χ3n) is 3.22. The lowest BCUT2D eigenvalue weighted by atomic mass is 10.0. The Morgan fingerprint density at radius 2 is 1.95 bits per heavy atom. The van der Waals surface area contributed by atoms with Crippen molar-refractivity contribution in [1.82, 2.24) is 0 Å². The van der Waals surface area contributed by atoms with E-state index in [4.69, 9.17) is 4.74 Å². The molecule has 0 fully saturated rings. The van der Waals surface area contributed by atoms with Gasteiger partial charge in [-0.2, -0.15) is 0 Å². The van der Waals surface area contributed by atoms with Gasteiger partial charge in [-0.1, -0.05) is 51.2 Å². The van der Waals surface area contributed by atoms with Crippen molar-refractivity contribution in [2.75, 3.05) is 6.61 Å². The van der Waals surface area contributed by atoms with Crippen LogP contribution in [0.1, 0.15) is 45.4 Å². The molecule has 0 radical (unpaired) electrons. The number of aliphatic hydroxyl groups is 1. The largest absolute Gasteiger partial charge is 0.357 e. The van der Waals surface area contributed by atoms with Crippen molar-refractivity contribution in [3.05, 3.63) is 34.4 Å². The summed E-state index contributed by atoms with van der Waals surface area (Å²) in [6.45, 7) is 2.50. The lowest BCUT2D eigenvalue weighted by Crippen LogP contribution is -2.47. The van der Waals surface area contributed by atoms with E-state index in [1.54, 1.807) is 12.2 Å². The normalized spacial score (nSPS) is 25.7. The fraction of sp³-hybridized carbons (Fsp3) is 0.714. The summed E-state index contributed by atoms with van der Waals surface area (Å²) in [5, 5.41) is 21.0. The van der Waals surface area contributed by atoms with Gasteiger partial charge in [0.15, 0.2) is 0 Å². The van der Waals surface area contributed by atoms with Gasteiger partial charge in [-0.15, -0.1) is 0 Å². The van der Waals surface area contributed by atoms with E-state index in [-0.39, 0.29) is 0 Å². The van der Waals surface area contributed by atoms with Gasteiger partial charge in [-0.25, -0.2) is 0 Å². The van der Waals surface area contributed by atoms with Crippen molar-refractivity contribution in [2.45, 2.75) is 57.3 Å². The van der Waals surface area contributed by atoms with Crippen LogP contribution in [-0.4, -0.2) is 28.5 Å². The summed E-state index contributed by atoms with van der Waals surface area (Å²) >= 11 is 0. The van der Waals surface area contributed by atoms with Crippen LogP contribution in [0.25, 0.3) is 0 Å². The van der Waals surface area contributed by atoms with Gasteiger partial charge in [0.2, 0.25) is 0 Å². The van der Waals surface area contributed by atoms with Gasteiger partial charge in [-0.3, -0.25) is 10.1 Å². The van der Waals surface area contributed by atoms with Crippen molar-refractivity contribution >= 4 is 0 Å². The highest BCUT2D eigenvalue weighted by Crippen LogP contribution is 2.22. The van der Waals surface area contributed by atoms with Crippen LogP contribution in [0.3, 0.4) is 0 Å². The Hall–Kier alpha value is -1.20. The molecule has 0 saturated heterocycles. The average Bonchev–Trinajstić information content (AvgIpc) is 2.38. The highest BCUT2D eigenvalue weighted by atomic mass is 16.7. The zero-order valence-corrected chi connectivity index (χ0v) is 11.5. The third kappa shape index (κ3) is 5.12. The molecule has 0 aliphatic heterocycles. The molecule has 0 heterocycles. The van der Waals surface area contributed by atoms with Gasteiger partial charge in [-0.05, 0) is 18.6 Å². The van der Waals surface area contributed by atoms with E-state index in [1.807, 2.05) is 0 Å². The first-order valence-electron chi connectivity index (χ1n) is 6.96. The zero-order valence-electron chi connectivity index (χ0n) is 11.5. The van der Waals surface area contributed by atoms with Crippen LogP contribution in [0.5, 0.6) is 0 Å². The molecule has 0 amide bonds. The van der Waals surface area contributed by atoms with Crippen LogP contribution in [-0.2, 0) is 4.74 Å². The molecule has 1 rings (SSSR count). The van der Waals surface area contributed by atoms with E-state index in [1.165, 1.54) is 31.4 Å². The van der Waals surface area contributed by atoms with Crippen LogP contribution >= 0.6 is 0 Å². The molecule has 2 unspecified atom stereocenters. The molecular weight excluding hydrogens is 246 g/mol. The molecule has 1 aliphatic carbocycles. The summed E-state index contributed by atoms with van der Waals surface area (Å²) in [6, 6.07) is -1.22. The Morgan fingerprint density at radius 1 is 1.26 bits per heavy atom. The van der Waals surface area contributed by atoms with E-state index in [2.05, 4.69) is 6.92 Å². The maximum absolute atomic E-state index is 10.9. The molecule has 0 spiro atoms. The molecule has 1 aliphatic rings. The second-order valence-electron chi connectivity index (χ2n) is 4.84. The first-order chi connectivity index (χ1) is 9.10. The molecule has 19 heavy (non-hydrogen) atoms. The van der Waals surface area contributed by atoms with Crippen molar-refractivity contribution in [2.24, 2.45) is 0 Å². The molecule has 2 atom stereocenters. The highest BCUT2D eigenvalue weighted by Gasteiger charge is 2.44. The van der Waals surface area contributed by atoms with Crippen LogP contribution in [0.4, 0.5) is 0 Å². The highest BCUT2D eigenvalue weighted by molar-refractivity contribution is 5.19. The van der Waals surface area contributed by atoms with Gasteiger partial charge in [0.25, 0.3) is 11.8 Å². The Morgan fingerprint density at radius 3 is 2.63 bits per heavy atom. The molecule has 5 heteroatoms. The zero-order chi connectivity index (χ0) is 14.1. The predicted molar refractivity (Wildman–Crippen MR) is 73.3 cm³/mol. The van der Waals surface area contributed by atoms with Gasteiger partial charge >= 0.3 is 0 Å². The Labute approximate surface area is 114 Å². The Balaban J connectivity index is 2.28. The number of hydrogen-bond acceptors (Lipinski definition) is 4. The fourth-order valence-corrected chi connectivity index (χ4v) is 2.07. The number of ether oxygens (including phenoxy) is 1. The van der Waals surface area contributed by atoms with Crippen LogP contribution < -0.4 is 0 Å². The lowest BCUT2D eigenvalue weighted by Gasteiger charge is -2.27. The molecular formula is C14H23NO4. The van der Waals surface area contributed by atoms with Crippen LogP contribution in [0.15, 0.2) is 24.3 Å². The number of hydrogen-bond donors (Lipinski definition) is 1. The summed E-state index contributed by atoms with van der Waals surface area (Å²) in [4.78, 5) is 10.3. The molecule has 1 N–H and O–H groups in total. The van der Waals surface area contributed by atoms with Gasteiger partial charge in [0, 0.05) is 4.92 Å². The van der Waals surface area contributed by atoms with E-state index in [0.29, 0.717) is 6.61 Å². The van der Waals surface area contributed by atoms with Crippen molar-refractivity contribution in [3.8, 4) is 0 Å². The fourth-order valence-electron chi connectivity index (χ4n) is 2.07. The summed E-state index contributed by atoms with van der Waals surface area (Å²) in [5.74, 6) is -1.80.